The molecule has 0 bridgehead atoms. The first-order valence-electron chi connectivity index (χ1n) is 25.5. The number of hydrogen-bond donors (Lipinski definition) is 0. The third-order valence-electron chi connectivity index (χ3n) is 10.2. The fourth-order valence-corrected chi connectivity index (χ4v) is 6.46. The van der Waals surface area contributed by atoms with E-state index in [9.17, 15) is 14.4 Å². The van der Waals surface area contributed by atoms with Crippen molar-refractivity contribution in [3.8, 4) is 0 Å². The lowest BCUT2D eigenvalue weighted by molar-refractivity contribution is -0.167. The average Bonchev–Trinajstić information content (AvgIpc) is 3.29. The van der Waals surface area contributed by atoms with Crippen molar-refractivity contribution >= 4 is 17.9 Å². The zero-order chi connectivity index (χ0) is 46.5. The van der Waals surface area contributed by atoms with Crippen molar-refractivity contribution in [2.24, 2.45) is 0 Å². The fraction of sp³-hybridized carbons (Fsp3) is 0.603. The van der Waals surface area contributed by atoms with Crippen LogP contribution in [0.5, 0.6) is 0 Å². The Kier molecular flexibility index (Phi) is 48.1. The standard InChI is InChI=1S/C58H92O6/c1-4-7-10-13-16-19-22-25-28-30-33-36-39-42-45-48-51-57(60)63-54-55(53-62-56(59)50-47-44-41-38-35-32-27-24-21-18-15-12-9-6-3)64-58(61)52-49-46-43-40-37-34-31-29-26-23-20-17-14-11-8-5-2/h7-12,16-21,25-26,28-29,33-34,36-37,55H,4-6,13-15,22-24,27,30-32,35,38-54H2,1-3H3/b10-7-,11-8-,12-9-,19-16-,20-17-,21-18-,28-25-,29-26-,36-33-,37-34-. The highest BCUT2D eigenvalue weighted by Crippen LogP contribution is 2.13. The van der Waals surface area contributed by atoms with E-state index in [-0.39, 0.29) is 37.5 Å². The molecule has 0 aliphatic rings. The van der Waals surface area contributed by atoms with Crippen LogP contribution >= 0.6 is 0 Å². The molecule has 0 fully saturated rings. The molecule has 0 aromatic carbocycles. The van der Waals surface area contributed by atoms with Crippen LogP contribution in [0.25, 0.3) is 0 Å². The van der Waals surface area contributed by atoms with E-state index in [0.717, 1.165) is 135 Å². The minimum Gasteiger partial charge on any atom is -0.462 e. The highest BCUT2D eigenvalue weighted by Gasteiger charge is 2.19. The first-order chi connectivity index (χ1) is 31.5. The van der Waals surface area contributed by atoms with E-state index in [2.05, 4.69) is 142 Å². The summed E-state index contributed by atoms with van der Waals surface area (Å²) in [5, 5.41) is 0. The van der Waals surface area contributed by atoms with Crippen LogP contribution in [0.15, 0.2) is 122 Å². The van der Waals surface area contributed by atoms with Gasteiger partial charge in [0.1, 0.15) is 13.2 Å². The lowest BCUT2D eigenvalue weighted by Crippen LogP contribution is -2.30. The molecule has 0 aliphatic carbocycles. The molecular formula is C58H92O6. The molecule has 0 saturated heterocycles. The number of rotatable bonds is 44. The second-order valence-corrected chi connectivity index (χ2v) is 16.3. The highest BCUT2D eigenvalue weighted by atomic mass is 16.6. The van der Waals surface area contributed by atoms with Gasteiger partial charge in [0.15, 0.2) is 6.10 Å². The van der Waals surface area contributed by atoms with E-state index in [1.165, 1.54) is 25.7 Å². The van der Waals surface area contributed by atoms with E-state index in [0.29, 0.717) is 19.3 Å². The Hall–Kier alpha value is -4.19. The lowest BCUT2D eigenvalue weighted by atomic mass is 10.1. The topological polar surface area (TPSA) is 78.9 Å². The molecule has 6 nitrogen and oxygen atoms in total. The second kappa shape index (κ2) is 51.4. The molecule has 0 aromatic rings. The third kappa shape index (κ3) is 48.8. The van der Waals surface area contributed by atoms with Gasteiger partial charge in [-0.3, -0.25) is 14.4 Å². The Morgan fingerprint density at radius 2 is 0.562 bits per heavy atom. The fourth-order valence-electron chi connectivity index (χ4n) is 6.46. The number of ether oxygens (including phenoxy) is 3. The van der Waals surface area contributed by atoms with Crippen molar-refractivity contribution in [1.29, 1.82) is 0 Å². The minimum absolute atomic E-state index is 0.109. The van der Waals surface area contributed by atoms with Crippen LogP contribution in [0.2, 0.25) is 0 Å². The molecule has 360 valence electrons. The first kappa shape index (κ1) is 59.8. The van der Waals surface area contributed by atoms with Gasteiger partial charge in [-0.1, -0.05) is 187 Å². The zero-order valence-electron chi connectivity index (χ0n) is 41.0. The van der Waals surface area contributed by atoms with Crippen molar-refractivity contribution < 1.29 is 28.6 Å². The summed E-state index contributed by atoms with van der Waals surface area (Å²) in [7, 11) is 0. The molecular weight excluding hydrogens is 793 g/mol. The summed E-state index contributed by atoms with van der Waals surface area (Å²) >= 11 is 0. The van der Waals surface area contributed by atoms with Crippen LogP contribution in [0, 0.1) is 0 Å². The Morgan fingerprint density at radius 3 is 0.891 bits per heavy atom. The van der Waals surface area contributed by atoms with E-state index in [1.54, 1.807) is 0 Å². The smallest absolute Gasteiger partial charge is 0.306 e. The van der Waals surface area contributed by atoms with Crippen molar-refractivity contribution in [2.45, 2.75) is 213 Å². The number of unbranched alkanes of at least 4 members (excludes halogenated alkanes) is 13. The summed E-state index contributed by atoms with van der Waals surface area (Å²) in [5.74, 6) is -0.989. The van der Waals surface area contributed by atoms with Gasteiger partial charge in [0.25, 0.3) is 0 Å². The van der Waals surface area contributed by atoms with Crippen LogP contribution in [0.3, 0.4) is 0 Å². The summed E-state index contributed by atoms with van der Waals surface area (Å²) in [5.41, 5.74) is 0. The Bertz CT molecular complexity index is 1390. The quantitative estimate of drug-likeness (QED) is 0.0262. The molecule has 0 radical (unpaired) electrons. The Morgan fingerprint density at radius 1 is 0.312 bits per heavy atom. The van der Waals surface area contributed by atoms with E-state index < -0.39 is 6.10 Å². The molecule has 0 saturated carbocycles. The molecule has 6 heteroatoms. The van der Waals surface area contributed by atoms with Gasteiger partial charge in [0, 0.05) is 19.3 Å². The van der Waals surface area contributed by atoms with Gasteiger partial charge >= 0.3 is 17.9 Å². The van der Waals surface area contributed by atoms with Gasteiger partial charge in [-0.25, -0.2) is 0 Å². The Labute approximate surface area is 392 Å². The molecule has 1 unspecified atom stereocenters. The molecule has 0 rings (SSSR count). The number of allylic oxidation sites excluding steroid dienone is 20. The van der Waals surface area contributed by atoms with Crippen LogP contribution < -0.4 is 0 Å². The van der Waals surface area contributed by atoms with Crippen LogP contribution in [0.1, 0.15) is 207 Å². The van der Waals surface area contributed by atoms with Gasteiger partial charge in [-0.15, -0.1) is 0 Å². The molecule has 0 aromatic heterocycles. The number of hydrogen-bond acceptors (Lipinski definition) is 6. The van der Waals surface area contributed by atoms with E-state index in [1.807, 2.05) is 0 Å². The highest BCUT2D eigenvalue weighted by molar-refractivity contribution is 5.71. The molecule has 64 heavy (non-hydrogen) atoms. The Balaban J connectivity index is 4.54. The number of carbonyl (C=O) groups excluding carboxylic acids is 3. The summed E-state index contributed by atoms with van der Waals surface area (Å²) in [6.07, 6.45) is 70.4. The van der Waals surface area contributed by atoms with E-state index >= 15 is 0 Å². The maximum atomic E-state index is 12.8. The van der Waals surface area contributed by atoms with Crippen LogP contribution in [0.4, 0.5) is 0 Å². The van der Waals surface area contributed by atoms with Gasteiger partial charge in [-0.2, -0.15) is 0 Å². The predicted molar refractivity (Wildman–Crippen MR) is 274 cm³/mol. The maximum Gasteiger partial charge on any atom is 0.306 e. The maximum absolute atomic E-state index is 12.8. The summed E-state index contributed by atoms with van der Waals surface area (Å²) in [4.78, 5) is 38.0. The molecule has 1 atom stereocenters. The molecule has 0 N–H and O–H groups in total. The van der Waals surface area contributed by atoms with Crippen LogP contribution in [-0.2, 0) is 28.6 Å². The summed E-state index contributed by atoms with van der Waals surface area (Å²) in [6.45, 7) is 6.22. The van der Waals surface area contributed by atoms with Crippen molar-refractivity contribution in [2.75, 3.05) is 13.2 Å². The number of esters is 3. The second-order valence-electron chi connectivity index (χ2n) is 16.3. The van der Waals surface area contributed by atoms with E-state index in [4.69, 9.17) is 14.2 Å². The van der Waals surface area contributed by atoms with Crippen molar-refractivity contribution in [3.63, 3.8) is 0 Å². The van der Waals surface area contributed by atoms with Crippen molar-refractivity contribution in [3.05, 3.63) is 122 Å². The van der Waals surface area contributed by atoms with Gasteiger partial charge < -0.3 is 14.2 Å². The largest absolute Gasteiger partial charge is 0.462 e. The number of carbonyl (C=O) groups is 3. The molecule has 0 amide bonds. The van der Waals surface area contributed by atoms with Gasteiger partial charge in [0.05, 0.1) is 0 Å². The first-order valence-corrected chi connectivity index (χ1v) is 25.5. The monoisotopic (exact) mass is 885 g/mol. The van der Waals surface area contributed by atoms with Crippen molar-refractivity contribution in [1.82, 2.24) is 0 Å². The third-order valence-corrected chi connectivity index (χ3v) is 10.2. The molecule has 0 heterocycles. The zero-order valence-corrected chi connectivity index (χ0v) is 41.0. The lowest BCUT2D eigenvalue weighted by Gasteiger charge is -2.18. The minimum atomic E-state index is -0.814. The predicted octanol–water partition coefficient (Wildman–Crippen LogP) is 16.9. The van der Waals surface area contributed by atoms with Crippen LogP contribution in [-0.4, -0.2) is 37.2 Å². The van der Waals surface area contributed by atoms with Gasteiger partial charge in [-0.05, 0) is 122 Å². The molecule has 0 aliphatic heterocycles. The molecule has 0 spiro atoms. The summed E-state index contributed by atoms with van der Waals surface area (Å²) in [6, 6.07) is 0. The summed E-state index contributed by atoms with van der Waals surface area (Å²) < 4.78 is 16.7. The average molecular weight is 885 g/mol. The SMILES string of the molecule is CC/C=C\C/C=C\C/C=C\C/C=C\CCCCCC(=O)OCC(COC(=O)CCCCCCCCC/C=C\C/C=C\CC)OC(=O)CCCCC/C=C\C/C=C\C/C=C\C/C=C\CC. The normalized spacial score (nSPS) is 13.1. The van der Waals surface area contributed by atoms with Gasteiger partial charge in [0.2, 0.25) is 0 Å².